The van der Waals surface area contributed by atoms with Gasteiger partial charge in [0.05, 0.1) is 5.54 Å². The molecule has 0 bridgehead atoms. The molecule has 2 aromatic rings. The van der Waals surface area contributed by atoms with E-state index in [1.54, 1.807) is 6.07 Å². The van der Waals surface area contributed by atoms with E-state index in [-0.39, 0.29) is 23.3 Å². The predicted molar refractivity (Wildman–Crippen MR) is 90.2 cm³/mol. The van der Waals surface area contributed by atoms with E-state index in [1.165, 1.54) is 17.0 Å². The van der Waals surface area contributed by atoms with Crippen molar-refractivity contribution < 1.29 is 23.6 Å². The fourth-order valence-electron chi connectivity index (χ4n) is 3.67. The molecule has 1 fully saturated rings. The first-order valence-corrected chi connectivity index (χ1v) is 8.43. The van der Waals surface area contributed by atoms with Gasteiger partial charge in [0.15, 0.2) is 5.58 Å². The summed E-state index contributed by atoms with van der Waals surface area (Å²) < 4.78 is 25.1. The number of likely N-dealkylation sites (tertiary alicyclic amines) is 1. The zero-order chi connectivity index (χ0) is 18.2. The maximum absolute atomic E-state index is 14.1. The van der Waals surface area contributed by atoms with Gasteiger partial charge in [0.25, 0.3) is 5.88 Å². The summed E-state index contributed by atoms with van der Waals surface area (Å²) >= 11 is 0. The van der Waals surface area contributed by atoms with Crippen LogP contribution in [0.4, 0.5) is 9.18 Å². The number of benzene rings is 1. The van der Waals surface area contributed by atoms with Gasteiger partial charge in [-0.3, -0.25) is 4.90 Å². The van der Waals surface area contributed by atoms with Crippen LogP contribution in [0.25, 0.3) is 11.0 Å². The van der Waals surface area contributed by atoms with E-state index in [1.807, 2.05) is 20.8 Å². The van der Waals surface area contributed by atoms with Crippen LogP contribution in [0.1, 0.15) is 40.0 Å². The molecule has 1 aromatic carbocycles. The first-order valence-electron chi connectivity index (χ1n) is 8.43. The van der Waals surface area contributed by atoms with Crippen molar-refractivity contribution in [3.63, 3.8) is 0 Å². The van der Waals surface area contributed by atoms with Crippen LogP contribution in [0.3, 0.4) is 0 Å². The number of carboxylic acid groups (broad SMARTS) is 1. The zero-order valence-corrected chi connectivity index (χ0v) is 14.7. The Balaban J connectivity index is 1.95. The highest BCUT2D eigenvalue weighted by Crippen LogP contribution is 2.43. The molecular formula is C18H23FN2O4. The summed E-state index contributed by atoms with van der Waals surface area (Å²) in [6, 6.07) is 4.47. The zero-order valence-electron chi connectivity index (χ0n) is 14.7. The van der Waals surface area contributed by atoms with Crippen LogP contribution in [-0.4, -0.2) is 39.9 Å². The molecule has 1 aliphatic rings. The molecule has 1 saturated heterocycles. The summed E-state index contributed by atoms with van der Waals surface area (Å²) in [6.45, 7) is 6.56. The maximum atomic E-state index is 14.1. The number of amides is 1. The molecule has 1 aliphatic heterocycles. The number of rotatable bonds is 3. The SMILES string of the molecule is CC(C)(C)C1(COc2noc3cccc(F)c23)CCCCN1C(=O)O. The second-order valence-electron chi connectivity index (χ2n) is 7.56. The van der Waals surface area contributed by atoms with Crippen molar-refractivity contribution in [1.29, 1.82) is 0 Å². The van der Waals surface area contributed by atoms with Gasteiger partial charge in [-0.1, -0.05) is 26.8 Å². The lowest BCUT2D eigenvalue weighted by molar-refractivity contribution is -0.0535. The Morgan fingerprint density at radius 3 is 2.88 bits per heavy atom. The number of fused-ring (bicyclic) bond motifs is 1. The summed E-state index contributed by atoms with van der Waals surface area (Å²) in [5.74, 6) is -0.412. The molecule has 0 radical (unpaired) electrons. The van der Waals surface area contributed by atoms with Gasteiger partial charge in [0.2, 0.25) is 0 Å². The minimum absolute atomic E-state index is 0.0626. The van der Waals surface area contributed by atoms with E-state index in [2.05, 4.69) is 5.16 Å². The van der Waals surface area contributed by atoms with Gasteiger partial charge >= 0.3 is 6.09 Å². The van der Waals surface area contributed by atoms with Crippen molar-refractivity contribution in [2.75, 3.05) is 13.2 Å². The van der Waals surface area contributed by atoms with Crippen molar-refractivity contribution in [2.45, 2.75) is 45.6 Å². The highest BCUT2D eigenvalue weighted by Gasteiger charge is 2.51. The van der Waals surface area contributed by atoms with Gasteiger partial charge in [-0.05, 0) is 42.0 Å². The molecule has 25 heavy (non-hydrogen) atoms. The van der Waals surface area contributed by atoms with Gasteiger partial charge in [0.1, 0.15) is 17.8 Å². The van der Waals surface area contributed by atoms with Gasteiger partial charge in [-0.15, -0.1) is 0 Å². The van der Waals surface area contributed by atoms with Crippen LogP contribution >= 0.6 is 0 Å². The Morgan fingerprint density at radius 2 is 2.20 bits per heavy atom. The lowest BCUT2D eigenvalue weighted by Gasteiger charge is -2.53. The number of aromatic nitrogens is 1. The number of ether oxygens (including phenoxy) is 1. The van der Waals surface area contributed by atoms with Gasteiger partial charge in [-0.2, -0.15) is 0 Å². The van der Waals surface area contributed by atoms with Crippen LogP contribution in [0, 0.1) is 11.2 Å². The molecule has 6 nitrogen and oxygen atoms in total. The van der Waals surface area contributed by atoms with Crippen LogP contribution in [-0.2, 0) is 0 Å². The van der Waals surface area contributed by atoms with Crippen LogP contribution in [0.15, 0.2) is 22.7 Å². The third kappa shape index (κ3) is 2.92. The minimum Gasteiger partial charge on any atom is -0.472 e. The lowest BCUT2D eigenvalue weighted by Crippen LogP contribution is -2.64. The number of piperidine rings is 1. The summed E-state index contributed by atoms with van der Waals surface area (Å²) in [5.41, 5.74) is -0.768. The third-order valence-electron chi connectivity index (χ3n) is 5.23. The van der Waals surface area contributed by atoms with Gasteiger partial charge in [0, 0.05) is 6.54 Å². The summed E-state index contributed by atoms with van der Waals surface area (Å²) in [4.78, 5) is 13.3. The molecule has 1 N–H and O–H groups in total. The Kier molecular flexibility index (Phi) is 4.34. The standard InChI is InChI=1S/C18H23FN2O4/c1-17(2,3)18(9-4-5-10-21(18)16(22)23)11-24-15-14-12(19)7-6-8-13(14)25-20-15/h6-8H,4-5,9-11H2,1-3H3,(H,22,23). The first-order chi connectivity index (χ1) is 11.8. The fourth-order valence-corrected chi connectivity index (χ4v) is 3.67. The predicted octanol–water partition coefficient (Wildman–Crippen LogP) is 4.29. The molecule has 0 saturated carbocycles. The average molecular weight is 350 g/mol. The first kappa shape index (κ1) is 17.5. The van der Waals surface area contributed by atoms with E-state index in [9.17, 15) is 14.3 Å². The van der Waals surface area contributed by atoms with Crippen LogP contribution in [0.2, 0.25) is 0 Å². The molecule has 7 heteroatoms. The number of nitrogens with zero attached hydrogens (tertiary/aromatic N) is 2. The Hall–Kier alpha value is -2.31. The summed E-state index contributed by atoms with van der Waals surface area (Å²) in [5, 5.41) is 13.7. The van der Waals surface area contributed by atoms with Crippen molar-refractivity contribution >= 4 is 17.1 Å². The molecule has 2 heterocycles. The molecule has 1 aromatic heterocycles. The van der Waals surface area contributed by atoms with Gasteiger partial charge in [-0.25, -0.2) is 9.18 Å². The highest BCUT2D eigenvalue weighted by atomic mass is 19.1. The maximum Gasteiger partial charge on any atom is 0.407 e. The average Bonchev–Trinajstić information content (AvgIpc) is 2.96. The second-order valence-corrected chi connectivity index (χ2v) is 7.56. The van der Waals surface area contributed by atoms with Crippen LogP contribution in [0.5, 0.6) is 5.88 Å². The van der Waals surface area contributed by atoms with E-state index < -0.39 is 17.4 Å². The Bertz CT molecular complexity index is 783. The van der Waals surface area contributed by atoms with Crippen molar-refractivity contribution in [2.24, 2.45) is 5.41 Å². The number of carbonyl (C=O) groups is 1. The normalized spacial score (nSPS) is 21.5. The monoisotopic (exact) mass is 350 g/mol. The second kappa shape index (κ2) is 6.20. The van der Waals surface area contributed by atoms with Crippen molar-refractivity contribution in [3.8, 4) is 5.88 Å². The molecule has 1 unspecified atom stereocenters. The smallest absolute Gasteiger partial charge is 0.407 e. The lowest BCUT2D eigenvalue weighted by atomic mass is 9.68. The molecule has 0 aliphatic carbocycles. The highest BCUT2D eigenvalue weighted by molar-refractivity contribution is 5.82. The van der Waals surface area contributed by atoms with E-state index >= 15 is 0 Å². The number of hydrogen-bond acceptors (Lipinski definition) is 4. The topological polar surface area (TPSA) is 75.8 Å². The summed E-state index contributed by atoms with van der Waals surface area (Å²) in [6.07, 6.45) is 1.46. The van der Waals surface area contributed by atoms with Gasteiger partial charge < -0.3 is 14.4 Å². The molecule has 0 spiro atoms. The molecule has 136 valence electrons. The third-order valence-corrected chi connectivity index (χ3v) is 5.23. The van der Waals surface area contributed by atoms with E-state index in [4.69, 9.17) is 9.26 Å². The molecule has 1 amide bonds. The fraction of sp³-hybridized carbons (Fsp3) is 0.556. The largest absolute Gasteiger partial charge is 0.472 e. The Morgan fingerprint density at radius 1 is 1.44 bits per heavy atom. The quantitative estimate of drug-likeness (QED) is 0.893. The van der Waals surface area contributed by atoms with E-state index in [0.717, 1.165) is 12.8 Å². The Labute approximate surface area is 145 Å². The van der Waals surface area contributed by atoms with Crippen LogP contribution < -0.4 is 4.74 Å². The van der Waals surface area contributed by atoms with Crippen molar-refractivity contribution in [1.82, 2.24) is 10.1 Å². The number of hydrogen-bond donors (Lipinski definition) is 1. The van der Waals surface area contributed by atoms with Crippen molar-refractivity contribution in [3.05, 3.63) is 24.0 Å². The number of halogens is 1. The molecular weight excluding hydrogens is 327 g/mol. The molecule has 3 rings (SSSR count). The van der Waals surface area contributed by atoms with E-state index in [0.29, 0.717) is 18.5 Å². The molecule has 1 atom stereocenters. The minimum atomic E-state index is -0.964. The summed E-state index contributed by atoms with van der Waals surface area (Å²) in [7, 11) is 0.